The van der Waals surface area contributed by atoms with Crippen molar-refractivity contribution in [2.24, 2.45) is 0 Å². The van der Waals surface area contributed by atoms with Crippen molar-refractivity contribution in [3.8, 4) is 0 Å². The first-order valence-corrected chi connectivity index (χ1v) is 5.36. The van der Waals surface area contributed by atoms with Crippen LogP contribution in [-0.2, 0) is 11.3 Å². The number of carbonyl (C=O) groups excluding carboxylic acids is 1. The smallest absolute Gasteiger partial charge is 0.237 e. The molecule has 1 heterocycles. The summed E-state index contributed by atoms with van der Waals surface area (Å²) in [5, 5.41) is 0. The average Bonchev–Trinajstić information content (AvgIpc) is 2.25. The molecule has 0 atom stereocenters. The van der Waals surface area contributed by atoms with E-state index in [1.807, 2.05) is 16.8 Å². The topological polar surface area (TPSA) is 23.6 Å². The molecule has 0 unspecified atom stereocenters. The van der Waals surface area contributed by atoms with E-state index < -0.39 is 0 Å². The SMILES string of the molecule is CN1CCN(Cc2ccc(F)cc2)C(=O)C1. The van der Waals surface area contributed by atoms with Crippen molar-refractivity contribution in [3.63, 3.8) is 0 Å². The van der Waals surface area contributed by atoms with Gasteiger partial charge < -0.3 is 4.90 Å². The maximum absolute atomic E-state index is 12.7. The van der Waals surface area contributed by atoms with Gasteiger partial charge in [0.25, 0.3) is 0 Å². The maximum atomic E-state index is 12.7. The molecule has 0 aromatic heterocycles. The molecule has 0 spiro atoms. The van der Waals surface area contributed by atoms with Gasteiger partial charge in [0, 0.05) is 19.6 Å². The van der Waals surface area contributed by atoms with E-state index in [9.17, 15) is 9.18 Å². The summed E-state index contributed by atoms with van der Waals surface area (Å²) in [5.74, 6) is -0.105. The van der Waals surface area contributed by atoms with Crippen LogP contribution in [0.5, 0.6) is 0 Å². The van der Waals surface area contributed by atoms with Gasteiger partial charge in [-0.3, -0.25) is 9.69 Å². The molecule has 3 nitrogen and oxygen atoms in total. The number of benzene rings is 1. The first-order valence-electron chi connectivity index (χ1n) is 5.36. The van der Waals surface area contributed by atoms with Gasteiger partial charge in [-0.15, -0.1) is 0 Å². The van der Waals surface area contributed by atoms with Crippen LogP contribution < -0.4 is 0 Å². The number of likely N-dealkylation sites (N-methyl/N-ethyl adjacent to an activating group) is 1. The van der Waals surface area contributed by atoms with Crippen LogP contribution in [-0.4, -0.2) is 42.4 Å². The number of amides is 1. The van der Waals surface area contributed by atoms with Crippen LogP contribution in [0.1, 0.15) is 5.56 Å². The molecular weight excluding hydrogens is 207 g/mol. The zero-order valence-corrected chi connectivity index (χ0v) is 9.32. The quantitative estimate of drug-likeness (QED) is 0.748. The minimum atomic E-state index is -0.242. The summed E-state index contributed by atoms with van der Waals surface area (Å²) >= 11 is 0. The number of piperazine rings is 1. The van der Waals surface area contributed by atoms with E-state index in [1.54, 1.807) is 12.1 Å². The van der Waals surface area contributed by atoms with E-state index in [1.165, 1.54) is 12.1 Å². The van der Waals surface area contributed by atoms with Gasteiger partial charge in [0.05, 0.1) is 6.54 Å². The maximum Gasteiger partial charge on any atom is 0.237 e. The molecule has 0 radical (unpaired) electrons. The highest BCUT2D eigenvalue weighted by molar-refractivity contribution is 5.78. The number of nitrogens with zero attached hydrogens (tertiary/aromatic N) is 2. The van der Waals surface area contributed by atoms with Crippen molar-refractivity contribution in [2.45, 2.75) is 6.54 Å². The van der Waals surface area contributed by atoms with Gasteiger partial charge >= 0.3 is 0 Å². The van der Waals surface area contributed by atoms with Crippen molar-refractivity contribution in [1.82, 2.24) is 9.80 Å². The summed E-state index contributed by atoms with van der Waals surface area (Å²) in [6.07, 6.45) is 0. The Morgan fingerprint density at radius 3 is 2.56 bits per heavy atom. The average molecular weight is 222 g/mol. The van der Waals surface area contributed by atoms with E-state index in [-0.39, 0.29) is 11.7 Å². The monoisotopic (exact) mass is 222 g/mol. The van der Waals surface area contributed by atoms with Crippen LogP contribution in [0.2, 0.25) is 0 Å². The van der Waals surface area contributed by atoms with Gasteiger partial charge in [-0.05, 0) is 24.7 Å². The lowest BCUT2D eigenvalue weighted by Crippen LogP contribution is -2.48. The molecule has 0 saturated carbocycles. The third-order valence-electron chi connectivity index (χ3n) is 2.80. The van der Waals surface area contributed by atoms with Crippen LogP contribution in [0.4, 0.5) is 4.39 Å². The number of carbonyl (C=O) groups is 1. The molecule has 0 aliphatic carbocycles. The third kappa shape index (κ3) is 2.58. The second-order valence-corrected chi connectivity index (χ2v) is 4.18. The highest BCUT2D eigenvalue weighted by atomic mass is 19.1. The van der Waals surface area contributed by atoms with Crippen LogP contribution >= 0.6 is 0 Å². The lowest BCUT2D eigenvalue weighted by molar-refractivity contribution is -0.136. The van der Waals surface area contributed by atoms with Crippen molar-refractivity contribution in [1.29, 1.82) is 0 Å². The molecule has 1 saturated heterocycles. The highest BCUT2D eigenvalue weighted by Crippen LogP contribution is 2.09. The van der Waals surface area contributed by atoms with Crippen molar-refractivity contribution in [3.05, 3.63) is 35.6 Å². The zero-order valence-electron chi connectivity index (χ0n) is 9.32. The highest BCUT2D eigenvalue weighted by Gasteiger charge is 2.21. The molecule has 0 bridgehead atoms. The fourth-order valence-corrected chi connectivity index (χ4v) is 1.80. The van der Waals surface area contributed by atoms with E-state index in [0.29, 0.717) is 13.1 Å². The molecule has 16 heavy (non-hydrogen) atoms. The summed E-state index contributed by atoms with van der Waals surface area (Å²) in [4.78, 5) is 15.5. The van der Waals surface area contributed by atoms with E-state index in [2.05, 4.69) is 0 Å². The van der Waals surface area contributed by atoms with Crippen LogP contribution in [0.25, 0.3) is 0 Å². The molecule has 0 N–H and O–H groups in total. The van der Waals surface area contributed by atoms with Crippen LogP contribution in [0, 0.1) is 5.82 Å². The van der Waals surface area contributed by atoms with E-state index in [4.69, 9.17) is 0 Å². The van der Waals surface area contributed by atoms with Crippen molar-refractivity contribution < 1.29 is 9.18 Å². The summed E-state index contributed by atoms with van der Waals surface area (Å²) in [6.45, 7) is 2.69. The molecule has 1 aliphatic rings. The van der Waals surface area contributed by atoms with E-state index in [0.717, 1.165) is 18.7 Å². The first-order chi connectivity index (χ1) is 7.65. The first kappa shape index (κ1) is 11.1. The Bertz CT molecular complexity index is 377. The number of hydrogen-bond donors (Lipinski definition) is 0. The normalized spacial score (nSPS) is 17.9. The lowest BCUT2D eigenvalue weighted by atomic mass is 10.2. The second-order valence-electron chi connectivity index (χ2n) is 4.18. The van der Waals surface area contributed by atoms with Gasteiger partial charge in [-0.25, -0.2) is 4.39 Å². The summed E-state index contributed by atoms with van der Waals surface area (Å²) in [6, 6.07) is 6.30. The lowest BCUT2D eigenvalue weighted by Gasteiger charge is -2.32. The Labute approximate surface area is 94.5 Å². The minimum absolute atomic E-state index is 0.137. The molecular formula is C12H15FN2O. The minimum Gasteiger partial charge on any atom is -0.336 e. The van der Waals surface area contributed by atoms with Crippen LogP contribution in [0.3, 0.4) is 0 Å². The summed E-state index contributed by atoms with van der Waals surface area (Å²) < 4.78 is 12.7. The van der Waals surface area contributed by atoms with Gasteiger partial charge in [0.2, 0.25) is 5.91 Å². The Morgan fingerprint density at radius 2 is 1.94 bits per heavy atom. The summed E-state index contributed by atoms with van der Waals surface area (Å²) in [5.41, 5.74) is 0.972. The molecule has 1 aliphatic heterocycles. The number of hydrogen-bond acceptors (Lipinski definition) is 2. The third-order valence-corrected chi connectivity index (χ3v) is 2.80. The zero-order chi connectivity index (χ0) is 11.5. The molecule has 86 valence electrons. The fraction of sp³-hybridized carbons (Fsp3) is 0.417. The van der Waals surface area contributed by atoms with Crippen molar-refractivity contribution in [2.75, 3.05) is 26.7 Å². The van der Waals surface area contributed by atoms with Gasteiger partial charge in [0.1, 0.15) is 5.82 Å². The molecule has 2 rings (SSSR count). The summed E-state index contributed by atoms with van der Waals surface area (Å²) in [7, 11) is 1.94. The molecule has 1 fully saturated rings. The van der Waals surface area contributed by atoms with Gasteiger partial charge in [-0.2, -0.15) is 0 Å². The molecule has 1 aromatic carbocycles. The van der Waals surface area contributed by atoms with Gasteiger partial charge in [0.15, 0.2) is 0 Å². The predicted octanol–water partition coefficient (Wildman–Crippen LogP) is 1.10. The van der Waals surface area contributed by atoms with Gasteiger partial charge in [-0.1, -0.05) is 12.1 Å². The predicted molar refractivity (Wildman–Crippen MR) is 59.3 cm³/mol. The van der Waals surface area contributed by atoms with Crippen molar-refractivity contribution >= 4 is 5.91 Å². The number of halogens is 1. The molecule has 1 aromatic rings. The standard InChI is InChI=1S/C12H15FN2O/c1-14-6-7-15(12(16)9-14)8-10-2-4-11(13)5-3-10/h2-5H,6-9H2,1H3. The fourth-order valence-electron chi connectivity index (χ4n) is 1.80. The Balaban J connectivity index is 1.99. The Kier molecular flexibility index (Phi) is 3.19. The largest absolute Gasteiger partial charge is 0.336 e. The van der Waals surface area contributed by atoms with Crippen LogP contribution in [0.15, 0.2) is 24.3 Å². The van der Waals surface area contributed by atoms with E-state index >= 15 is 0 Å². The Hall–Kier alpha value is -1.42. The molecule has 4 heteroatoms. The molecule has 1 amide bonds. The number of rotatable bonds is 2. The second kappa shape index (κ2) is 4.61. The Morgan fingerprint density at radius 1 is 1.25 bits per heavy atom.